The van der Waals surface area contributed by atoms with Crippen LogP contribution in [0, 0.1) is 0 Å². The number of rotatable bonds is 26. The Balaban J connectivity index is 3.79. The Hall–Kier alpha value is -1.81. The van der Waals surface area contributed by atoms with Crippen LogP contribution in [0.15, 0.2) is 0 Å². The third-order valence-electron chi connectivity index (χ3n) is 6.28. The summed E-state index contributed by atoms with van der Waals surface area (Å²) in [5, 5.41) is 2.47. The number of esters is 3. The molecule has 0 aliphatic heterocycles. The molecule has 0 saturated carbocycles. The van der Waals surface area contributed by atoms with Crippen LogP contribution in [0.4, 0.5) is 0 Å². The summed E-state index contributed by atoms with van der Waals surface area (Å²) < 4.78 is 14.9. The molecule has 9 nitrogen and oxygen atoms in total. The minimum atomic E-state index is -1.12. The lowest BCUT2D eigenvalue weighted by Gasteiger charge is -2.19. The van der Waals surface area contributed by atoms with E-state index in [0.717, 1.165) is 19.3 Å². The zero-order valence-electron chi connectivity index (χ0n) is 24.6. The number of methoxy groups -OCH3 is 1. The van der Waals surface area contributed by atoms with Crippen molar-refractivity contribution in [3.05, 3.63) is 0 Å². The molecule has 0 rings (SSSR count). The zero-order chi connectivity index (χ0) is 29.1. The molecule has 228 valence electrons. The number of nitrogens with one attached hydrogen (secondary N) is 1. The molecule has 0 aromatic rings. The predicted molar refractivity (Wildman–Crippen MR) is 156 cm³/mol. The van der Waals surface area contributed by atoms with Crippen molar-refractivity contribution in [1.29, 1.82) is 0 Å². The van der Waals surface area contributed by atoms with E-state index in [2.05, 4.69) is 17.0 Å². The van der Waals surface area contributed by atoms with Crippen molar-refractivity contribution in [1.82, 2.24) is 5.32 Å². The SMILES string of the molecule is CCCCCCCCCCCCCCCC(=O)OCCSC[C@H](N)C(=O)N[C@@H](COC(=O)CCC)C(=O)OC. The molecule has 0 aliphatic rings. The minimum absolute atomic E-state index is 0.195. The molecule has 0 aromatic heterocycles. The Morgan fingerprint density at radius 2 is 1.28 bits per heavy atom. The summed E-state index contributed by atoms with van der Waals surface area (Å²) in [6.45, 7) is 4.03. The number of hydrogen-bond donors (Lipinski definition) is 2. The van der Waals surface area contributed by atoms with Crippen molar-refractivity contribution in [2.24, 2.45) is 5.73 Å². The fraction of sp³-hybridized carbons (Fsp3) is 0.862. The third kappa shape index (κ3) is 22.7. The number of nitrogens with two attached hydrogens (primary N) is 1. The molecule has 2 atom stereocenters. The second-order valence-electron chi connectivity index (χ2n) is 9.91. The van der Waals surface area contributed by atoms with Crippen LogP contribution in [-0.4, -0.2) is 67.7 Å². The first-order valence-electron chi connectivity index (χ1n) is 14.9. The van der Waals surface area contributed by atoms with Gasteiger partial charge < -0.3 is 25.3 Å². The van der Waals surface area contributed by atoms with Gasteiger partial charge in [-0.2, -0.15) is 11.8 Å². The Bertz CT molecular complexity index is 664. The van der Waals surface area contributed by atoms with Gasteiger partial charge in [-0.3, -0.25) is 14.4 Å². The average Bonchev–Trinajstić information content (AvgIpc) is 2.92. The van der Waals surface area contributed by atoms with Gasteiger partial charge in [0.25, 0.3) is 0 Å². The normalized spacial score (nSPS) is 12.4. The van der Waals surface area contributed by atoms with E-state index in [0.29, 0.717) is 18.6 Å². The molecule has 0 aromatic carbocycles. The van der Waals surface area contributed by atoms with Gasteiger partial charge in [0, 0.05) is 24.3 Å². The molecule has 0 spiro atoms. The highest BCUT2D eigenvalue weighted by atomic mass is 32.2. The van der Waals surface area contributed by atoms with Crippen LogP contribution < -0.4 is 11.1 Å². The van der Waals surface area contributed by atoms with E-state index in [1.54, 1.807) is 0 Å². The van der Waals surface area contributed by atoms with Crippen LogP contribution in [0.25, 0.3) is 0 Å². The third-order valence-corrected chi connectivity index (χ3v) is 7.33. The van der Waals surface area contributed by atoms with Gasteiger partial charge in [-0.1, -0.05) is 90.9 Å². The largest absolute Gasteiger partial charge is 0.467 e. The van der Waals surface area contributed by atoms with Gasteiger partial charge in [0.1, 0.15) is 13.2 Å². The van der Waals surface area contributed by atoms with Crippen molar-refractivity contribution in [3.63, 3.8) is 0 Å². The molecule has 39 heavy (non-hydrogen) atoms. The minimum Gasteiger partial charge on any atom is -0.467 e. The van der Waals surface area contributed by atoms with Gasteiger partial charge in [0.05, 0.1) is 13.2 Å². The average molecular weight is 575 g/mol. The summed E-state index contributed by atoms with van der Waals surface area (Å²) in [4.78, 5) is 47.7. The lowest BCUT2D eigenvalue weighted by Crippen LogP contribution is -2.51. The summed E-state index contributed by atoms with van der Waals surface area (Å²) in [5.74, 6) is -1.12. The highest BCUT2D eigenvalue weighted by Crippen LogP contribution is 2.13. The number of unbranched alkanes of at least 4 members (excludes halogenated alkanes) is 12. The summed E-state index contributed by atoms with van der Waals surface area (Å²) in [6.07, 6.45) is 17.7. The fourth-order valence-electron chi connectivity index (χ4n) is 3.90. The quantitative estimate of drug-likeness (QED) is 0.0824. The van der Waals surface area contributed by atoms with Gasteiger partial charge in [-0.25, -0.2) is 4.79 Å². The van der Waals surface area contributed by atoms with E-state index in [-0.39, 0.29) is 31.4 Å². The molecular formula is C29H54N2O7S. The molecule has 0 aliphatic carbocycles. The maximum atomic E-state index is 12.3. The lowest BCUT2D eigenvalue weighted by molar-refractivity contribution is -0.152. The van der Waals surface area contributed by atoms with E-state index < -0.39 is 29.9 Å². The standard InChI is InChI=1S/C29H54N2O7S/c1-4-6-7-8-9-10-11-12-13-14-15-16-17-19-27(33)37-20-21-39-23-24(30)28(34)31-25(29(35)36-3)22-38-26(32)18-5-2/h24-25H,4-23,30H2,1-3H3,(H,31,34)/t24-,25-/m0/s1. The van der Waals surface area contributed by atoms with Crippen molar-refractivity contribution < 1.29 is 33.4 Å². The van der Waals surface area contributed by atoms with Gasteiger partial charge in [0.15, 0.2) is 6.04 Å². The first-order valence-corrected chi connectivity index (χ1v) is 16.0. The number of hydrogen-bond acceptors (Lipinski definition) is 9. The second-order valence-corrected chi connectivity index (χ2v) is 11.1. The van der Waals surface area contributed by atoms with E-state index in [4.69, 9.17) is 15.2 Å². The smallest absolute Gasteiger partial charge is 0.331 e. The highest BCUT2D eigenvalue weighted by Gasteiger charge is 2.26. The van der Waals surface area contributed by atoms with Crippen molar-refractivity contribution >= 4 is 35.6 Å². The number of thioether (sulfide) groups is 1. The Morgan fingerprint density at radius 1 is 0.744 bits per heavy atom. The van der Waals surface area contributed by atoms with E-state index in [1.165, 1.54) is 83.1 Å². The number of amides is 1. The Labute approximate surface area is 240 Å². The molecule has 0 radical (unpaired) electrons. The molecule has 0 bridgehead atoms. The molecular weight excluding hydrogens is 520 g/mol. The van der Waals surface area contributed by atoms with Crippen LogP contribution in [0.3, 0.4) is 0 Å². The summed E-state index contributed by atoms with van der Waals surface area (Å²) in [6, 6.07) is -2.00. The first-order chi connectivity index (χ1) is 18.8. The van der Waals surface area contributed by atoms with Crippen LogP contribution in [0.5, 0.6) is 0 Å². The highest BCUT2D eigenvalue weighted by molar-refractivity contribution is 7.99. The predicted octanol–water partition coefficient (Wildman–Crippen LogP) is 5.07. The van der Waals surface area contributed by atoms with Crippen molar-refractivity contribution in [3.8, 4) is 0 Å². The van der Waals surface area contributed by atoms with E-state index in [9.17, 15) is 19.2 Å². The van der Waals surface area contributed by atoms with E-state index in [1.807, 2.05) is 6.92 Å². The summed E-state index contributed by atoms with van der Waals surface area (Å²) in [7, 11) is 1.19. The van der Waals surface area contributed by atoms with Crippen LogP contribution in [-0.2, 0) is 33.4 Å². The maximum Gasteiger partial charge on any atom is 0.331 e. The second kappa shape index (κ2) is 26.4. The maximum absolute atomic E-state index is 12.3. The number of carbonyl (C=O) groups excluding carboxylic acids is 4. The zero-order valence-corrected chi connectivity index (χ0v) is 25.5. The van der Waals surface area contributed by atoms with Crippen LogP contribution in [0.1, 0.15) is 117 Å². The lowest BCUT2D eigenvalue weighted by atomic mass is 10.0. The molecule has 3 N–H and O–H groups in total. The summed E-state index contributed by atoms with van der Waals surface area (Å²) >= 11 is 1.38. The number of carbonyl (C=O) groups is 4. The molecule has 0 saturated heterocycles. The first kappa shape index (κ1) is 37.2. The molecule has 1 amide bonds. The molecule has 0 unspecified atom stereocenters. The van der Waals surface area contributed by atoms with Gasteiger partial charge in [-0.05, 0) is 12.8 Å². The Morgan fingerprint density at radius 3 is 1.82 bits per heavy atom. The van der Waals surface area contributed by atoms with Crippen LogP contribution >= 0.6 is 11.8 Å². The molecule has 10 heteroatoms. The van der Waals surface area contributed by atoms with Gasteiger partial charge >= 0.3 is 17.9 Å². The van der Waals surface area contributed by atoms with Crippen molar-refractivity contribution in [2.75, 3.05) is 31.8 Å². The molecule has 0 fully saturated rings. The fourth-order valence-corrected chi connectivity index (χ4v) is 4.68. The number of ether oxygens (including phenoxy) is 3. The van der Waals surface area contributed by atoms with Gasteiger partial charge in [0.2, 0.25) is 5.91 Å². The van der Waals surface area contributed by atoms with Crippen LogP contribution in [0.2, 0.25) is 0 Å². The monoisotopic (exact) mass is 574 g/mol. The van der Waals surface area contributed by atoms with Gasteiger partial charge in [-0.15, -0.1) is 0 Å². The molecule has 0 heterocycles. The Kier molecular flexibility index (Phi) is 25.2. The topological polar surface area (TPSA) is 134 Å². The summed E-state index contributed by atoms with van der Waals surface area (Å²) in [5.41, 5.74) is 5.91. The van der Waals surface area contributed by atoms with E-state index >= 15 is 0 Å². The van der Waals surface area contributed by atoms with Crippen molar-refractivity contribution in [2.45, 2.75) is 129 Å².